The van der Waals surface area contributed by atoms with Crippen LogP contribution in [0.5, 0.6) is 0 Å². The molecular weight excluding hydrogens is 418 g/mol. The molecule has 10 nitrogen and oxygen atoms in total. The fourth-order valence-electron chi connectivity index (χ4n) is 4.15. The number of ketones is 1. The number of ether oxygens (including phenoxy) is 1. The zero-order chi connectivity index (χ0) is 22.7. The molecule has 10 heteroatoms. The highest BCUT2D eigenvalue weighted by atomic mass is 16.6. The fourth-order valence-corrected chi connectivity index (χ4v) is 4.15. The SMILES string of the molecule is O=C(C1=C(O)C(=O)N(CCCN2CCOCC2)[C@H]1c1ccccc1[N+](=O)[O-])c1ccco1. The Labute approximate surface area is 183 Å². The van der Waals surface area contributed by atoms with Crippen molar-refractivity contribution in [3.63, 3.8) is 0 Å². The smallest absolute Gasteiger partial charge is 0.290 e. The van der Waals surface area contributed by atoms with Crippen LogP contribution in [0.15, 0.2) is 58.4 Å². The first-order valence-corrected chi connectivity index (χ1v) is 10.3. The summed E-state index contributed by atoms with van der Waals surface area (Å²) in [6.07, 6.45) is 1.88. The lowest BCUT2D eigenvalue weighted by Crippen LogP contribution is -2.39. The number of carbonyl (C=O) groups excluding carboxylic acids is 2. The number of Topliss-reactive ketones (excluding diaryl/α,β-unsaturated/α-hetero) is 1. The molecule has 4 rings (SSSR count). The van der Waals surface area contributed by atoms with Crippen LogP contribution < -0.4 is 0 Å². The Morgan fingerprint density at radius 3 is 2.59 bits per heavy atom. The van der Waals surface area contributed by atoms with Gasteiger partial charge < -0.3 is 19.2 Å². The van der Waals surface area contributed by atoms with Gasteiger partial charge in [0.25, 0.3) is 11.6 Å². The van der Waals surface area contributed by atoms with Crippen LogP contribution in [0.4, 0.5) is 5.69 Å². The number of rotatable bonds is 8. The standard InChI is InChI=1S/C22H23N3O7/c26-20(17-7-3-12-32-17)18-19(15-5-1-2-6-16(15)25(29)30)24(22(28)21(18)27)9-4-8-23-10-13-31-14-11-23/h1-3,5-7,12,19,27H,4,8-11,13-14H2/t19-/m0/s1. The Balaban J connectivity index is 1.67. The van der Waals surface area contributed by atoms with Crippen molar-refractivity contribution in [2.45, 2.75) is 12.5 Å². The molecule has 2 aliphatic heterocycles. The minimum atomic E-state index is -1.09. The van der Waals surface area contributed by atoms with E-state index in [1.165, 1.54) is 41.5 Å². The molecule has 1 atom stereocenters. The van der Waals surface area contributed by atoms with Gasteiger partial charge in [0.2, 0.25) is 5.78 Å². The summed E-state index contributed by atoms with van der Waals surface area (Å²) in [4.78, 5) is 40.7. The number of aliphatic hydroxyl groups is 1. The van der Waals surface area contributed by atoms with Crippen LogP contribution in [-0.4, -0.2) is 70.9 Å². The summed E-state index contributed by atoms with van der Waals surface area (Å²) in [5, 5.41) is 22.3. The number of para-hydroxylation sites is 1. The van der Waals surface area contributed by atoms with Crippen molar-refractivity contribution in [1.29, 1.82) is 0 Å². The number of hydrogen-bond acceptors (Lipinski definition) is 8. The molecule has 3 heterocycles. The number of carbonyl (C=O) groups is 2. The lowest BCUT2D eigenvalue weighted by molar-refractivity contribution is -0.385. The van der Waals surface area contributed by atoms with Crippen molar-refractivity contribution >= 4 is 17.4 Å². The van der Waals surface area contributed by atoms with E-state index in [2.05, 4.69) is 4.90 Å². The van der Waals surface area contributed by atoms with E-state index >= 15 is 0 Å². The molecule has 0 radical (unpaired) electrons. The summed E-state index contributed by atoms with van der Waals surface area (Å²) in [5.74, 6) is -2.18. The first kappa shape index (κ1) is 21.7. The second kappa shape index (κ2) is 9.33. The van der Waals surface area contributed by atoms with Gasteiger partial charge in [-0.1, -0.05) is 12.1 Å². The Morgan fingerprint density at radius 2 is 1.91 bits per heavy atom. The third kappa shape index (κ3) is 4.14. The molecule has 1 amide bonds. The molecule has 1 fully saturated rings. The molecule has 0 bridgehead atoms. The highest BCUT2D eigenvalue weighted by Crippen LogP contribution is 2.42. The summed E-state index contributed by atoms with van der Waals surface area (Å²) < 4.78 is 10.5. The number of hydrogen-bond donors (Lipinski definition) is 1. The predicted octanol–water partition coefficient (Wildman–Crippen LogP) is 2.49. The number of nitrogens with zero attached hydrogens (tertiary/aromatic N) is 3. The normalized spacial score (nSPS) is 19.6. The average molecular weight is 441 g/mol. The van der Waals surface area contributed by atoms with Gasteiger partial charge in [-0.2, -0.15) is 0 Å². The molecule has 0 saturated carbocycles. The Hall–Kier alpha value is -3.50. The zero-order valence-corrected chi connectivity index (χ0v) is 17.3. The minimum absolute atomic E-state index is 0.0573. The van der Waals surface area contributed by atoms with Crippen LogP contribution in [0.1, 0.15) is 28.6 Å². The van der Waals surface area contributed by atoms with E-state index in [1.807, 2.05) is 0 Å². The molecule has 1 aromatic carbocycles. The fraction of sp³-hybridized carbons (Fsp3) is 0.364. The predicted molar refractivity (Wildman–Crippen MR) is 112 cm³/mol. The summed E-state index contributed by atoms with van der Waals surface area (Å²) in [6.45, 7) is 3.77. The van der Waals surface area contributed by atoms with Crippen molar-refractivity contribution in [3.05, 3.63) is 75.4 Å². The van der Waals surface area contributed by atoms with Gasteiger partial charge in [-0.25, -0.2) is 0 Å². The average Bonchev–Trinajstić information content (AvgIpc) is 3.42. The Kier molecular flexibility index (Phi) is 6.33. The number of aliphatic hydroxyl groups excluding tert-OH is 1. The number of morpholine rings is 1. The maximum atomic E-state index is 13.1. The monoisotopic (exact) mass is 441 g/mol. The molecule has 0 spiro atoms. The van der Waals surface area contributed by atoms with Gasteiger partial charge in [0.05, 0.1) is 41.6 Å². The van der Waals surface area contributed by atoms with Gasteiger partial charge in [-0.05, 0) is 24.6 Å². The van der Waals surface area contributed by atoms with Crippen LogP contribution in [0.25, 0.3) is 0 Å². The molecule has 1 aromatic heterocycles. The summed E-state index contributed by atoms with van der Waals surface area (Å²) in [7, 11) is 0. The topological polar surface area (TPSA) is 126 Å². The van der Waals surface area contributed by atoms with Crippen molar-refractivity contribution in [2.24, 2.45) is 0 Å². The van der Waals surface area contributed by atoms with Crippen LogP contribution in [-0.2, 0) is 9.53 Å². The number of benzene rings is 1. The van der Waals surface area contributed by atoms with E-state index in [0.717, 1.165) is 13.1 Å². The van der Waals surface area contributed by atoms with Crippen molar-refractivity contribution in [2.75, 3.05) is 39.4 Å². The molecule has 0 aliphatic carbocycles. The van der Waals surface area contributed by atoms with E-state index in [-0.39, 0.29) is 29.1 Å². The van der Waals surface area contributed by atoms with E-state index in [9.17, 15) is 24.8 Å². The van der Waals surface area contributed by atoms with Gasteiger partial charge in [0.1, 0.15) is 0 Å². The van der Waals surface area contributed by atoms with Crippen molar-refractivity contribution in [1.82, 2.24) is 9.80 Å². The van der Waals surface area contributed by atoms with E-state index in [4.69, 9.17) is 9.15 Å². The molecule has 1 saturated heterocycles. The second-order valence-corrected chi connectivity index (χ2v) is 7.59. The highest BCUT2D eigenvalue weighted by Gasteiger charge is 2.46. The molecule has 32 heavy (non-hydrogen) atoms. The third-order valence-corrected chi connectivity index (χ3v) is 5.70. The summed E-state index contributed by atoms with van der Waals surface area (Å²) in [6, 6.07) is 7.77. The largest absolute Gasteiger partial charge is 0.503 e. The Bertz CT molecular complexity index is 1040. The van der Waals surface area contributed by atoms with Crippen LogP contribution >= 0.6 is 0 Å². The Morgan fingerprint density at radius 1 is 1.16 bits per heavy atom. The number of nitro benzene ring substituents is 1. The molecule has 2 aliphatic rings. The molecule has 1 N–H and O–H groups in total. The minimum Gasteiger partial charge on any atom is -0.503 e. The maximum Gasteiger partial charge on any atom is 0.290 e. The van der Waals surface area contributed by atoms with E-state index < -0.39 is 28.4 Å². The lowest BCUT2D eigenvalue weighted by Gasteiger charge is -2.29. The zero-order valence-electron chi connectivity index (χ0n) is 17.3. The van der Waals surface area contributed by atoms with Crippen molar-refractivity contribution < 1.29 is 28.8 Å². The highest BCUT2D eigenvalue weighted by molar-refractivity contribution is 6.15. The van der Waals surface area contributed by atoms with Crippen LogP contribution in [0, 0.1) is 10.1 Å². The van der Waals surface area contributed by atoms with Gasteiger partial charge in [-0.3, -0.25) is 24.6 Å². The second-order valence-electron chi connectivity index (χ2n) is 7.59. The molecule has 168 valence electrons. The van der Waals surface area contributed by atoms with Crippen LogP contribution in [0.3, 0.4) is 0 Å². The van der Waals surface area contributed by atoms with Crippen molar-refractivity contribution in [3.8, 4) is 0 Å². The van der Waals surface area contributed by atoms with Gasteiger partial charge >= 0.3 is 0 Å². The quantitative estimate of drug-likeness (QED) is 0.376. The van der Waals surface area contributed by atoms with E-state index in [0.29, 0.717) is 26.2 Å². The lowest BCUT2D eigenvalue weighted by atomic mass is 9.94. The van der Waals surface area contributed by atoms with Crippen LogP contribution in [0.2, 0.25) is 0 Å². The first-order chi connectivity index (χ1) is 15.5. The molecule has 2 aromatic rings. The third-order valence-electron chi connectivity index (χ3n) is 5.70. The number of furan rings is 1. The van der Waals surface area contributed by atoms with Gasteiger partial charge in [0.15, 0.2) is 11.5 Å². The molecule has 0 unspecified atom stereocenters. The number of amides is 1. The summed E-state index contributed by atoms with van der Waals surface area (Å²) >= 11 is 0. The maximum absolute atomic E-state index is 13.1. The first-order valence-electron chi connectivity index (χ1n) is 10.3. The number of nitro groups is 1. The van der Waals surface area contributed by atoms with Gasteiger partial charge in [0, 0.05) is 32.2 Å². The van der Waals surface area contributed by atoms with Gasteiger partial charge in [-0.15, -0.1) is 0 Å². The van der Waals surface area contributed by atoms with E-state index in [1.54, 1.807) is 6.07 Å². The summed E-state index contributed by atoms with van der Waals surface area (Å²) in [5.41, 5.74) is -0.287. The molecular formula is C22H23N3O7.